The second kappa shape index (κ2) is 11.6. The standard InChI is InChI=1S/C35H39N5O5Si/c1-23-33(46(2,3)44)30(17-19-38-22-28(36-37-38)32(42)25-9-5-4-6-10-25)45-35(23)27-11-7-8-12-29(27)40(34(35)43)21-24-13-15-26(16-14-24)39-20-18-31(39)41/h4-16,22-23,30,32-33,42,44H,17-21H2,1-3H3/t23-,30+,32-,33-,35+/m1/s1. The van der Waals surface area contributed by atoms with E-state index in [1.807, 2.05) is 98.9 Å². The Morgan fingerprint density at radius 1 is 1.02 bits per heavy atom. The molecule has 4 heterocycles. The number of fused-ring (bicyclic) bond motifs is 2. The first kappa shape index (κ1) is 30.5. The maximum absolute atomic E-state index is 14.6. The Hall–Kier alpha value is -4.16. The topological polar surface area (TPSA) is 121 Å². The third-order valence-corrected chi connectivity index (χ3v) is 12.4. The summed E-state index contributed by atoms with van der Waals surface area (Å²) < 4.78 is 8.62. The van der Waals surface area contributed by atoms with E-state index in [4.69, 9.17) is 4.74 Å². The van der Waals surface area contributed by atoms with E-state index < -0.39 is 26.1 Å². The Morgan fingerprint density at radius 2 is 1.74 bits per heavy atom. The highest BCUT2D eigenvalue weighted by molar-refractivity contribution is 6.71. The van der Waals surface area contributed by atoms with E-state index in [-0.39, 0.29) is 23.3 Å². The molecule has 4 aromatic rings. The van der Waals surface area contributed by atoms with Crippen molar-refractivity contribution in [2.75, 3.05) is 16.3 Å². The van der Waals surface area contributed by atoms with Crippen molar-refractivity contribution < 1.29 is 24.2 Å². The first-order chi connectivity index (χ1) is 22.1. The predicted molar refractivity (Wildman–Crippen MR) is 175 cm³/mol. The number of para-hydroxylation sites is 1. The molecule has 46 heavy (non-hydrogen) atoms. The second-order valence-electron chi connectivity index (χ2n) is 13.2. The van der Waals surface area contributed by atoms with Crippen LogP contribution in [-0.2, 0) is 33.0 Å². The van der Waals surface area contributed by atoms with E-state index >= 15 is 0 Å². The number of aromatic nitrogens is 3. The Kier molecular flexibility index (Phi) is 7.67. The molecule has 1 aromatic heterocycles. The number of carbonyl (C=O) groups is 2. The Balaban J connectivity index is 1.14. The van der Waals surface area contributed by atoms with Gasteiger partial charge < -0.3 is 24.4 Å². The van der Waals surface area contributed by atoms with Crippen LogP contribution in [0, 0.1) is 5.92 Å². The number of amides is 2. The number of β-lactam (4-membered cyclic amide) rings is 1. The lowest BCUT2D eigenvalue weighted by atomic mass is 9.82. The lowest BCUT2D eigenvalue weighted by Gasteiger charge is -2.32. The van der Waals surface area contributed by atoms with Crippen LogP contribution in [0.1, 0.15) is 48.3 Å². The summed E-state index contributed by atoms with van der Waals surface area (Å²) >= 11 is 0. The molecule has 0 unspecified atom stereocenters. The van der Waals surface area contributed by atoms with Gasteiger partial charge in [0.05, 0.1) is 24.5 Å². The molecule has 2 N–H and O–H groups in total. The lowest BCUT2D eigenvalue weighted by molar-refractivity contribution is -0.146. The number of benzene rings is 3. The van der Waals surface area contributed by atoms with Gasteiger partial charge in [-0.3, -0.25) is 14.3 Å². The van der Waals surface area contributed by atoms with Gasteiger partial charge in [-0.05, 0) is 48.8 Å². The molecule has 11 heteroatoms. The Bertz CT molecular complexity index is 1760. The minimum Gasteiger partial charge on any atom is -0.432 e. The van der Waals surface area contributed by atoms with Crippen LogP contribution in [0.3, 0.4) is 0 Å². The molecular formula is C35H39N5O5Si. The number of ether oxygens (including phenoxy) is 1. The van der Waals surface area contributed by atoms with Crippen molar-refractivity contribution in [1.29, 1.82) is 0 Å². The van der Waals surface area contributed by atoms with E-state index in [0.717, 1.165) is 34.6 Å². The molecule has 1 spiro atoms. The average Bonchev–Trinajstić information content (AvgIpc) is 3.71. The second-order valence-corrected chi connectivity index (χ2v) is 17.2. The SMILES string of the molecule is C[C@@H]1[C@@H]([Si](C)(C)O)[C@H](CCn2cc([C@H](O)c3ccccc3)nn2)O[C@@]12C(=O)N(Cc1ccc(N3CCC3=O)cc1)c1ccccc12. The van der Waals surface area contributed by atoms with Crippen LogP contribution in [-0.4, -0.2) is 57.7 Å². The number of aliphatic hydroxyl groups excluding tert-OH is 1. The van der Waals surface area contributed by atoms with Crippen LogP contribution in [0.5, 0.6) is 0 Å². The fraction of sp³-hybridized carbons (Fsp3) is 0.371. The lowest BCUT2D eigenvalue weighted by Crippen LogP contribution is -2.46. The summed E-state index contributed by atoms with van der Waals surface area (Å²) in [5, 5.41) is 19.3. The van der Waals surface area contributed by atoms with Gasteiger partial charge in [-0.1, -0.05) is 72.8 Å². The molecule has 238 valence electrons. The van der Waals surface area contributed by atoms with Crippen molar-refractivity contribution in [3.05, 3.63) is 107 Å². The van der Waals surface area contributed by atoms with Gasteiger partial charge in [0, 0.05) is 42.2 Å². The van der Waals surface area contributed by atoms with Gasteiger partial charge in [0.1, 0.15) is 11.8 Å². The number of anilines is 2. The molecular weight excluding hydrogens is 599 g/mol. The summed E-state index contributed by atoms with van der Waals surface area (Å²) in [5.41, 5.74) is 3.22. The van der Waals surface area contributed by atoms with E-state index in [2.05, 4.69) is 10.3 Å². The van der Waals surface area contributed by atoms with Crippen molar-refractivity contribution in [3.63, 3.8) is 0 Å². The zero-order valence-electron chi connectivity index (χ0n) is 26.3. The van der Waals surface area contributed by atoms with Gasteiger partial charge in [0.25, 0.3) is 5.91 Å². The first-order valence-electron chi connectivity index (χ1n) is 15.9. The predicted octanol–water partition coefficient (Wildman–Crippen LogP) is 4.53. The van der Waals surface area contributed by atoms with Gasteiger partial charge in [0.15, 0.2) is 13.9 Å². The van der Waals surface area contributed by atoms with Crippen LogP contribution in [0.15, 0.2) is 85.1 Å². The molecule has 2 amide bonds. The monoisotopic (exact) mass is 637 g/mol. The maximum atomic E-state index is 14.6. The number of carbonyl (C=O) groups excluding carboxylic acids is 2. The largest absolute Gasteiger partial charge is 0.432 e. The number of hydrogen-bond acceptors (Lipinski definition) is 7. The normalized spacial score (nSPS) is 24.8. The van der Waals surface area contributed by atoms with Gasteiger partial charge in [-0.15, -0.1) is 5.10 Å². The molecule has 0 bridgehead atoms. The number of nitrogens with zero attached hydrogens (tertiary/aromatic N) is 5. The maximum Gasteiger partial charge on any atom is 0.264 e. The zero-order valence-corrected chi connectivity index (χ0v) is 27.3. The summed E-state index contributed by atoms with van der Waals surface area (Å²) in [6.07, 6.45) is 1.56. The smallest absolute Gasteiger partial charge is 0.264 e. The van der Waals surface area contributed by atoms with Gasteiger partial charge in [-0.2, -0.15) is 0 Å². The summed E-state index contributed by atoms with van der Waals surface area (Å²) in [4.78, 5) is 41.7. The quantitative estimate of drug-likeness (QED) is 0.204. The minimum atomic E-state index is -2.82. The van der Waals surface area contributed by atoms with Crippen molar-refractivity contribution in [2.24, 2.45) is 5.92 Å². The van der Waals surface area contributed by atoms with Crippen molar-refractivity contribution in [1.82, 2.24) is 15.0 Å². The first-order valence-corrected chi connectivity index (χ1v) is 18.9. The zero-order chi connectivity index (χ0) is 32.2. The molecule has 3 aliphatic heterocycles. The average molecular weight is 638 g/mol. The van der Waals surface area contributed by atoms with E-state index in [0.29, 0.717) is 31.6 Å². The molecule has 3 aliphatic rings. The number of aryl methyl sites for hydroxylation is 1. The van der Waals surface area contributed by atoms with Crippen molar-refractivity contribution >= 4 is 31.5 Å². The van der Waals surface area contributed by atoms with Crippen LogP contribution < -0.4 is 9.80 Å². The summed E-state index contributed by atoms with van der Waals surface area (Å²) in [6.45, 7) is 7.42. The number of hydrogen-bond donors (Lipinski definition) is 2. The van der Waals surface area contributed by atoms with Crippen LogP contribution in [0.4, 0.5) is 11.4 Å². The molecule has 0 radical (unpaired) electrons. The molecule has 2 fully saturated rings. The summed E-state index contributed by atoms with van der Waals surface area (Å²) in [5.74, 6) is -0.268. The van der Waals surface area contributed by atoms with Crippen LogP contribution in [0.2, 0.25) is 18.6 Å². The number of aliphatic hydroxyl groups is 1. The minimum absolute atomic E-state index is 0.122. The Labute approximate surface area is 269 Å². The van der Waals surface area contributed by atoms with E-state index in [9.17, 15) is 19.5 Å². The Morgan fingerprint density at radius 3 is 2.41 bits per heavy atom. The molecule has 10 nitrogen and oxygen atoms in total. The molecule has 3 aromatic carbocycles. The van der Waals surface area contributed by atoms with Crippen LogP contribution >= 0.6 is 0 Å². The molecule has 5 atom stereocenters. The summed E-state index contributed by atoms with van der Waals surface area (Å²) in [6, 6.07) is 24.9. The highest BCUT2D eigenvalue weighted by Crippen LogP contribution is 2.59. The van der Waals surface area contributed by atoms with Crippen LogP contribution in [0.25, 0.3) is 0 Å². The number of rotatable bonds is 9. The highest BCUT2D eigenvalue weighted by Gasteiger charge is 2.66. The van der Waals surface area contributed by atoms with Gasteiger partial charge in [0.2, 0.25) is 5.91 Å². The third-order valence-electron chi connectivity index (χ3n) is 9.92. The molecule has 0 aliphatic carbocycles. The van der Waals surface area contributed by atoms with Gasteiger partial charge in [-0.25, -0.2) is 0 Å². The van der Waals surface area contributed by atoms with E-state index in [1.165, 1.54) is 0 Å². The fourth-order valence-electron chi connectivity index (χ4n) is 7.62. The van der Waals surface area contributed by atoms with Crippen molar-refractivity contribution in [2.45, 2.75) is 69.3 Å². The van der Waals surface area contributed by atoms with Gasteiger partial charge >= 0.3 is 0 Å². The molecule has 2 saturated heterocycles. The molecule has 7 rings (SSSR count). The molecule has 0 saturated carbocycles. The third kappa shape index (κ3) is 5.07. The van der Waals surface area contributed by atoms with Crippen molar-refractivity contribution in [3.8, 4) is 0 Å². The van der Waals surface area contributed by atoms with E-state index in [1.54, 1.807) is 20.7 Å². The fourth-order valence-corrected chi connectivity index (χ4v) is 10.2. The summed E-state index contributed by atoms with van der Waals surface area (Å²) in [7, 11) is -2.82. The highest BCUT2D eigenvalue weighted by atomic mass is 28.4.